The zero-order valence-electron chi connectivity index (χ0n) is 13.5. The molecule has 25 heavy (non-hydrogen) atoms. The molecule has 0 atom stereocenters. The third-order valence-corrected chi connectivity index (χ3v) is 3.81. The number of carbonyl (C=O) groups is 2. The standard InChI is InChI=1S/C20H17FN2O2/c21-16-8-10-17(11-9-16)23-20(25)13-22-19(24)12-15-6-3-5-14-4-1-2-7-18(14)15/h1-11H,12-13H2,(H,22,24)(H,23,25). The highest BCUT2D eigenvalue weighted by molar-refractivity contribution is 5.95. The van der Waals surface area contributed by atoms with Gasteiger partial charge in [-0.3, -0.25) is 9.59 Å². The van der Waals surface area contributed by atoms with Crippen LogP contribution in [0.2, 0.25) is 0 Å². The summed E-state index contributed by atoms with van der Waals surface area (Å²) in [6.07, 6.45) is 0.200. The van der Waals surface area contributed by atoms with Crippen LogP contribution in [0.15, 0.2) is 66.7 Å². The minimum absolute atomic E-state index is 0.138. The molecule has 126 valence electrons. The van der Waals surface area contributed by atoms with Crippen LogP contribution in [0.3, 0.4) is 0 Å². The summed E-state index contributed by atoms with van der Waals surface area (Å²) < 4.78 is 12.8. The summed E-state index contributed by atoms with van der Waals surface area (Å²) in [5, 5.41) is 7.30. The lowest BCUT2D eigenvalue weighted by atomic mass is 10.0. The lowest BCUT2D eigenvalue weighted by molar-refractivity contribution is -0.123. The fourth-order valence-electron chi connectivity index (χ4n) is 2.60. The highest BCUT2D eigenvalue weighted by atomic mass is 19.1. The maximum atomic E-state index is 12.8. The molecule has 0 radical (unpaired) electrons. The smallest absolute Gasteiger partial charge is 0.243 e. The molecular weight excluding hydrogens is 319 g/mol. The largest absolute Gasteiger partial charge is 0.347 e. The van der Waals surface area contributed by atoms with Gasteiger partial charge in [0, 0.05) is 5.69 Å². The average Bonchev–Trinajstić information content (AvgIpc) is 2.62. The van der Waals surface area contributed by atoms with Gasteiger partial charge in [0.25, 0.3) is 0 Å². The van der Waals surface area contributed by atoms with Crippen molar-refractivity contribution < 1.29 is 14.0 Å². The Hall–Kier alpha value is -3.21. The minimum atomic E-state index is -0.374. The number of halogens is 1. The molecule has 0 spiro atoms. The summed E-state index contributed by atoms with van der Waals surface area (Å²) in [6.45, 7) is -0.138. The van der Waals surface area contributed by atoms with Crippen molar-refractivity contribution in [1.29, 1.82) is 0 Å². The Morgan fingerprint density at radius 3 is 2.36 bits per heavy atom. The third-order valence-electron chi connectivity index (χ3n) is 3.81. The van der Waals surface area contributed by atoms with Crippen molar-refractivity contribution in [3.05, 3.63) is 78.1 Å². The van der Waals surface area contributed by atoms with Gasteiger partial charge in [-0.25, -0.2) is 4.39 Å². The highest BCUT2D eigenvalue weighted by Gasteiger charge is 2.09. The van der Waals surface area contributed by atoms with Crippen LogP contribution in [0.4, 0.5) is 10.1 Å². The Bertz CT molecular complexity index is 902. The van der Waals surface area contributed by atoms with E-state index < -0.39 is 0 Å². The van der Waals surface area contributed by atoms with Crippen LogP contribution in [-0.2, 0) is 16.0 Å². The molecule has 3 rings (SSSR count). The summed E-state index contributed by atoms with van der Waals surface area (Å²) in [7, 11) is 0. The molecule has 0 aliphatic carbocycles. The first kappa shape index (κ1) is 16.6. The van der Waals surface area contributed by atoms with Gasteiger partial charge < -0.3 is 10.6 Å². The highest BCUT2D eigenvalue weighted by Crippen LogP contribution is 2.18. The molecule has 0 heterocycles. The molecule has 4 nitrogen and oxygen atoms in total. The monoisotopic (exact) mass is 336 g/mol. The first-order valence-corrected chi connectivity index (χ1v) is 7.90. The van der Waals surface area contributed by atoms with Gasteiger partial charge in [0.2, 0.25) is 11.8 Å². The van der Waals surface area contributed by atoms with Gasteiger partial charge >= 0.3 is 0 Å². The minimum Gasteiger partial charge on any atom is -0.347 e. The van der Waals surface area contributed by atoms with E-state index in [1.54, 1.807) is 0 Å². The van der Waals surface area contributed by atoms with Crippen molar-refractivity contribution in [2.45, 2.75) is 6.42 Å². The Balaban J connectivity index is 1.55. The van der Waals surface area contributed by atoms with Crippen LogP contribution < -0.4 is 10.6 Å². The molecule has 0 aliphatic rings. The number of anilines is 1. The van der Waals surface area contributed by atoms with Gasteiger partial charge in [-0.1, -0.05) is 42.5 Å². The second-order valence-corrected chi connectivity index (χ2v) is 5.65. The molecule has 0 aliphatic heterocycles. The molecule has 3 aromatic carbocycles. The summed E-state index contributed by atoms with van der Waals surface area (Å²) >= 11 is 0. The number of fused-ring (bicyclic) bond motifs is 1. The molecule has 5 heteroatoms. The lowest BCUT2D eigenvalue weighted by Gasteiger charge is -2.09. The second-order valence-electron chi connectivity index (χ2n) is 5.65. The normalized spacial score (nSPS) is 10.4. The van der Waals surface area contributed by atoms with E-state index in [0.29, 0.717) is 5.69 Å². The molecule has 2 N–H and O–H groups in total. The van der Waals surface area contributed by atoms with Crippen molar-refractivity contribution in [1.82, 2.24) is 5.32 Å². The Labute approximate surface area is 144 Å². The Morgan fingerprint density at radius 2 is 1.56 bits per heavy atom. The van der Waals surface area contributed by atoms with E-state index in [2.05, 4.69) is 10.6 Å². The lowest BCUT2D eigenvalue weighted by Crippen LogP contribution is -2.33. The number of amides is 2. The number of nitrogens with one attached hydrogen (secondary N) is 2. The van der Waals surface area contributed by atoms with Crippen LogP contribution >= 0.6 is 0 Å². The second kappa shape index (κ2) is 7.57. The molecule has 0 fully saturated rings. The van der Waals surface area contributed by atoms with E-state index in [-0.39, 0.29) is 30.6 Å². The van der Waals surface area contributed by atoms with E-state index >= 15 is 0 Å². The fraction of sp³-hybridized carbons (Fsp3) is 0.100. The Morgan fingerprint density at radius 1 is 0.840 bits per heavy atom. The summed E-state index contributed by atoms with van der Waals surface area (Å²) in [5.41, 5.74) is 1.39. The predicted octanol–water partition coefficient (Wildman–Crippen LogP) is 3.28. The van der Waals surface area contributed by atoms with Crippen molar-refractivity contribution in [3.8, 4) is 0 Å². The Kier molecular flexibility index (Phi) is 5.04. The van der Waals surface area contributed by atoms with Crippen LogP contribution in [0.25, 0.3) is 10.8 Å². The van der Waals surface area contributed by atoms with Crippen molar-refractivity contribution >= 4 is 28.3 Å². The maximum Gasteiger partial charge on any atom is 0.243 e. The topological polar surface area (TPSA) is 58.2 Å². The van der Waals surface area contributed by atoms with Gasteiger partial charge in [-0.05, 0) is 40.6 Å². The quantitative estimate of drug-likeness (QED) is 0.751. The summed E-state index contributed by atoms with van der Waals surface area (Å²) in [5.74, 6) is -0.968. The third kappa shape index (κ3) is 4.41. The van der Waals surface area contributed by atoms with Gasteiger partial charge in [0.05, 0.1) is 13.0 Å². The SMILES string of the molecule is O=C(Cc1cccc2ccccc12)NCC(=O)Nc1ccc(F)cc1. The molecule has 0 unspecified atom stereocenters. The number of rotatable bonds is 5. The van der Waals surface area contributed by atoms with Gasteiger partial charge in [0.1, 0.15) is 5.82 Å². The van der Waals surface area contributed by atoms with Crippen LogP contribution in [0, 0.1) is 5.82 Å². The van der Waals surface area contributed by atoms with E-state index in [1.165, 1.54) is 24.3 Å². The van der Waals surface area contributed by atoms with Gasteiger partial charge in [-0.15, -0.1) is 0 Å². The number of carbonyl (C=O) groups excluding carboxylic acids is 2. The molecule has 0 bridgehead atoms. The van der Waals surface area contributed by atoms with Gasteiger partial charge in [0.15, 0.2) is 0 Å². The predicted molar refractivity (Wildman–Crippen MR) is 95.7 cm³/mol. The molecule has 3 aromatic rings. The molecule has 0 saturated heterocycles. The first-order chi connectivity index (χ1) is 12.1. The van der Waals surface area contributed by atoms with E-state index in [9.17, 15) is 14.0 Å². The summed E-state index contributed by atoms with van der Waals surface area (Å²) in [6, 6.07) is 19.1. The molecule has 0 aromatic heterocycles. The van der Waals surface area contributed by atoms with Crippen LogP contribution in [-0.4, -0.2) is 18.4 Å². The zero-order chi connectivity index (χ0) is 17.6. The van der Waals surface area contributed by atoms with Crippen molar-refractivity contribution in [3.63, 3.8) is 0 Å². The molecular formula is C20H17FN2O2. The van der Waals surface area contributed by atoms with Crippen molar-refractivity contribution in [2.75, 3.05) is 11.9 Å². The average molecular weight is 336 g/mol. The molecule has 2 amide bonds. The zero-order valence-corrected chi connectivity index (χ0v) is 13.5. The van der Waals surface area contributed by atoms with E-state index in [4.69, 9.17) is 0 Å². The van der Waals surface area contributed by atoms with E-state index in [1.807, 2.05) is 42.5 Å². The maximum absolute atomic E-state index is 12.8. The summed E-state index contributed by atoms with van der Waals surface area (Å²) in [4.78, 5) is 24.0. The van der Waals surface area contributed by atoms with Crippen LogP contribution in [0.1, 0.15) is 5.56 Å². The van der Waals surface area contributed by atoms with Crippen molar-refractivity contribution in [2.24, 2.45) is 0 Å². The molecule has 0 saturated carbocycles. The fourth-order valence-corrected chi connectivity index (χ4v) is 2.60. The van der Waals surface area contributed by atoms with Gasteiger partial charge in [-0.2, -0.15) is 0 Å². The van der Waals surface area contributed by atoms with Crippen LogP contribution in [0.5, 0.6) is 0 Å². The number of benzene rings is 3. The van der Waals surface area contributed by atoms with E-state index in [0.717, 1.165) is 16.3 Å². The number of hydrogen-bond donors (Lipinski definition) is 2. The number of hydrogen-bond acceptors (Lipinski definition) is 2. The first-order valence-electron chi connectivity index (χ1n) is 7.90.